The molecule has 1 saturated heterocycles. The largest absolute Gasteiger partial charge is 0.497 e. The molecule has 6 nitrogen and oxygen atoms in total. The van der Waals surface area contributed by atoms with Crippen LogP contribution < -0.4 is 10.1 Å². The van der Waals surface area contributed by atoms with Gasteiger partial charge in [-0.1, -0.05) is 30.7 Å². The number of aromatic nitrogens is 2. The van der Waals surface area contributed by atoms with E-state index in [2.05, 4.69) is 27.3 Å². The molecule has 1 aromatic heterocycles. The van der Waals surface area contributed by atoms with Crippen LogP contribution in [0.2, 0.25) is 0 Å². The second-order valence-corrected chi connectivity index (χ2v) is 8.47. The van der Waals surface area contributed by atoms with E-state index in [1.165, 1.54) is 25.8 Å². The molecule has 2 heterocycles. The van der Waals surface area contributed by atoms with E-state index in [1.54, 1.807) is 7.11 Å². The first kappa shape index (κ1) is 22.1. The SMILES string of the molecule is COc1cccc(-c2cc(-c3ccc(C(=O)NCCCN4CCCC[C@@H]4C)cc3)[nH]n2)c1. The number of nitrogens with zero attached hydrogens (tertiary/aromatic N) is 2. The van der Waals surface area contributed by atoms with E-state index < -0.39 is 0 Å². The van der Waals surface area contributed by atoms with Crippen molar-refractivity contribution in [2.75, 3.05) is 26.7 Å². The van der Waals surface area contributed by atoms with Gasteiger partial charge in [0.1, 0.15) is 5.75 Å². The molecule has 3 aromatic rings. The number of H-pyrrole nitrogens is 1. The summed E-state index contributed by atoms with van der Waals surface area (Å²) >= 11 is 0. The molecule has 6 heteroatoms. The van der Waals surface area contributed by atoms with Crippen LogP contribution in [0, 0.1) is 0 Å². The molecule has 2 N–H and O–H groups in total. The molecule has 0 spiro atoms. The maximum absolute atomic E-state index is 12.5. The molecule has 32 heavy (non-hydrogen) atoms. The summed E-state index contributed by atoms with van der Waals surface area (Å²) in [5.41, 5.74) is 4.41. The average Bonchev–Trinajstić information content (AvgIpc) is 3.33. The topological polar surface area (TPSA) is 70.2 Å². The van der Waals surface area contributed by atoms with Gasteiger partial charge in [0.2, 0.25) is 0 Å². The minimum Gasteiger partial charge on any atom is -0.497 e. The van der Waals surface area contributed by atoms with Crippen molar-refractivity contribution < 1.29 is 9.53 Å². The summed E-state index contributed by atoms with van der Waals surface area (Å²) < 4.78 is 5.30. The fourth-order valence-electron chi connectivity index (χ4n) is 4.28. The van der Waals surface area contributed by atoms with Crippen LogP contribution in [-0.2, 0) is 0 Å². The first-order valence-corrected chi connectivity index (χ1v) is 11.5. The molecule has 0 aliphatic carbocycles. The van der Waals surface area contributed by atoms with Gasteiger partial charge in [0, 0.05) is 30.3 Å². The number of hydrogen-bond donors (Lipinski definition) is 2. The van der Waals surface area contributed by atoms with Crippen LogP contribution in [-0.4, -0.2) is 53.8 Å². The van der Waals surface area contributed by atoms with Gasteiger partial charge in [0.25, 0.3) is 5.91 Å². The van der Waals surface area contributed by atoms with Crippen molar-refractivity contribution in [1.82, 2.24) is 20.4 Å². The highest BCUT2D eigenvalue weighted by atomic mass is 16.5. The smallest absolute Gasteiger partial charge is 0.251 e. The number of piperidine rings is 1. The number of hydrogen-bond acceptors (Lipinski definition) is 4. The number of aromatic amines is 1. The molecule has 0 bridgehead atoms. The summed E-state index contributed by atoms with van der Waals surface area (Å²) in [5, 5.41) is 10.6. The highest BCUT2D eigenvalue weighted by Gasteiger charge is 2.17. The third kappa shape index (κ3) is 5.37. The zero-order valence-corrected chi connectivity index (χ0v) is 18.9. The lowest BCUT2D eigenvalue weighted by Gasteiger charge is -2.33. The van der Waals surface area contributed by atoms with Gasteiger partial charge in [-0.2, -0.15) is 5.10 Å². The molecule has 0 unspecified atom stereocenters. The molecule has 2 aromatic carbocycles. The molecule has 0 radical (unpaired) electrons. The minimum absolute atomic E-state index is 0.0232. The van der Waals surface area contributed by atoms with E-state index in [0.717, 1.165) is 41.2 Å². The average molecular weight is 433 g/mol. The van der Waals surface area contributed by atoms with Gasteiger partial charge in [-0.25, -0.2) is 0 Å². The first-order chi connectivity index (χ1) is 15.6. The summed E-state index contributed by atoms with van der Waals surface area (Å²) in [6.07, 6.45) is 4.90. The van der Waals surface area contributed by atoms with Crippen molar-refractivity contribution in [2.45, 2.75) is 38.6 Å². The first-order valence-electron chi connectivity index (χ1n) is 11.5. The number of rotatable bonds is 8. The van der Waals surface area contributed by atoms with Crippen LogP contribution >= 0.6 is 0 Å². The number of methoxy groups -OCH3 is 1. The van der Waals surface area contributed by atoms with Crippen LogP contribution in [0.25, 0.3) is 22.5 Å². The normalized spacial score (nSPS) is 16.6. The lowest BCUT2D eigenvalue weighted by molar-refractivity contribution is 0.0949. The van der Waals surface area contributed by atoms with Crippen LogP contribution in [0.1, 0.15) is 43.0 Å². The Morgan fingerprint density at radius 3 is 2.78 bits per heavy atom. The molecule has 0 saturated carbocycles. The van der Waals surface area contributed by atoms with Crippen molar-refractivity contribution in [3.63, 3.8) is 0 Å². The Balaban J connectivity index is 1.31. The number of ether oxygens (including phenoxy) is 1. The number of nitrogens with one attached hydrogen (secondary N) is 2. The predicted octanol–water partition coefficient (Wildman–Crippen LogP) is 4.75. The van der Waals surface area contributed by atoms with Crippen molar-refractivity contribution in [1.29, 1.82) is 0 Å². The van der Waals surface area contributed by atoms with Gasteiger partial charge >= 0.3 is 0 Å². The van der Waals surface area contributed by atoms with Crippen molar-refractivity contribution in [3.8, 4) is 28.3 Å². The Morgan fingerprint density at radius 1 is 1.16 bits per heavy atom. The molecule has 168 valence electrons. The second kappa shape index (κ2) is 10.5. The highest BCUT2D eigenvalue weighted by Crippen LogP contribution is 2.26. The van der Waals surface area contributed by atoms with Gasteiger partial charge in [-0.15, -0.1) is 0 Å². The number of likely N-dealkylation sites (tertiary alicyclic amines) is 1. The van der Waals surface area contributed by atoms with Gasteiger partial charge in [-0.05, 0) is 68.6 Å². The molecule has 1 amide bonds. The molecule has 1 aliphatic rings. The van der Waals surface area contributed by atoms with Crippen molar-refractivity contribution >= 4 is 5.91 Å². The lowest BCUT2D eigenvalue weighted by atomic mass is 10.0. The Bertz CT molecular complexity index is 1030. The molecule has 4 rings (SSSR count). The summed E-state index contributed by atoms with van der Waals surface area (Å²) in [6.45, 7) is 5.24. The Morgan fingerprint density at radius 2 is 2.00 bits per heavy atom. The van der Waals surface area contributed by atoms with E-state index in [1.807, 2.05) is 54.6 Å². The van der Waals surface area contributed by atoms with E-state index in [-0.39, 0.29) is 5.91 Å². The van der Waals surface area contributed by atoms with Crippen molar-refractivity contribution in [3.05, 3.63) is 60.2 Å². The summed E-state index contributed by atoms with van der Waals surface area (Å²) in [7, 11) is 1.65. The maximum Gasteiger partial charge on any atom is 0.251 e. The van der Waals surface area contributed by atoms with Crippen LogP contribution in [0.15, 0.2) is 54.6 Å². The monoisotopic (exact) mass is 432 g/mol. The molecular weight excluding hydrogens is 400 g/mol. The standard InChI is InChI=1S/C26H32N4O2/c1-19-7-3-4-15-30(19)16-6-14-27-26(31)21-12-10-20(11-13-21)24-18-25(29-28-24)22-8-5-9-23(17-22)32-2/h5,8-13,17-19H,3-4,6-7,14-16H2,1-2H3,(H,27,31)(H,28,29)/t19-/m0/s1. The quantitative estimate of drug-likeness (QED) is 0.504. The summed E-state index contributed by atoms with van der Waals surface area (Å²) in [4.78, 5) is 15.0. The highest BCUT2D eigenvalue weighted by molar-refractivity contribution is 5.94. The number of carbonyl (C=O) groups is 1. The Kier molecular flexibility index (Phi) is 7.22. The van der Waals surface area contributed by atoms with Crippen molar-refractivity contribution in [2.24, 2.45) is 0 Å². The third-order valence-electron chi connectivity index (χ3n) is 6.25. The van der Waals surface area contributed by atoms with Gasteiger partial charge in [-0.3, -0.25) is 9.89 Å². The lowest BCUT2D eigenvalue weighted by Crippen LogP contribution is -2.39. The van der Waals surface area contributed by atoms with Gasteiger partial charge < -0.3 is 15.0 Å². The number of benzene rings is 2. The zero-order chi connectivity index (χ0) is 22.3. The fourth-order valence-corrected chi connectivity index (χ4v) is 4.28. The Hall–Kier alpha value is -3.12. The van der Waals surface area contributed by atoms with E-state index in [0.29, 0.717) is 18.2 Å². The van der Waals surface area contributed by atoms with E-state index >= 15 is 0 Å². The predicted molar refractivity (Wildman–Crippen MR) is 128 cm³/mol. The summed E-state index contributed by atoms with van der Waals surface area (Å²) in [5.74, 6) is 0.776. The zero-order valence-electron chi connectivity index (χ0n) is 18.9. The number of amides is 1. The third-order valence-corrected chi connectivity index (χ3v) is 6.25. The minimum atomic E-state index is -0.0232. The van der Waals surface area contributed by atoms with Gasteiger partial charge in [0.15, 0.2) is 0 Å². The maximum atomic E-state index is 12.5. The molecule has 1 aliphatic heterocycles. The van der Waals surface area contributed by atoms with Crippen LogP contribution in [0.4, 0.5) is 0 Å². The molecule has 1 fully saturated rings. The Labute approximate surface area is 190 Å². The second-order valence-electron chi connectivity index (χ2n) is 8.47. The van der Waals surface area contributed by atoms with Gasteiger partial charge in [0.05, 0.1) is 18.5 Å². The molecular formula is C26H32N4O2. The van der Waals surface area contributed by atoms with Crippen LogP contribution in [0.5, 0.6) is 5.75 Å². The van der Waals surface area contributed by atoms with E-state index in [4.69, 9.17) is 4.74 Å². The fraction of sp³-hybridized carbons (Fsp3) is 0.385. The van der Waals surface area contributed by atoms with Crippen LogP contribution in [0.3, 0.4) is 0 Å². The number of carbonyl (C=O) groups excluding carboxylic acids is 1. The molecule has 1 atom stereocenters. The van der Waals surface area contributed by atoms with E-state index in [9.17, 15) is 4.79 Å². The summed E-state index contributed by atoms with van der Waals surface area (Å²) in [6, 6.07) is 18.1.